The normalized spacial score (nSPS) is 22.8. The summed E-state index contributed by atoms with van der Waals surface area (Å²) in [4.78, 5) is 0. The van der Waals surface area contributed by atoms with Gasteiger partial charge in [0.1, 0.15) is 0 Å². The molecule has 2 atom stereocenters. The van der Waals surface area contributed by atoms with E-state index in [0.29, 0.717) is 12.0 Å². The average molecular weight is 259 g/mol. The minimum atomic E-state index is 0.360. The summed E-state index contributed by atoms with van der Waals surface area (Å²) >= 11 is 0. The molecule has 1 aliphatic heterocycles. The molecule has 0 amide bonds. The van der Waals surface area contributed by atoms with Crippen molar-refractivity contribution >= 4 is 11.3 Å². The summed E-state index contributed by atoms with van der Waals surface area (Å²) in [5, 5.41) is 3.69. The predicted molar refractivity (Wildman–Crippen MR) is 84.9 cm³/mol. The molecule has 98 valence electrons. The third-order valence-corrected chi connectivity index (χ3v) is 4.38. The van der Waals surface area contributed by atoms with Gasteiger partial charge in [0, 0.05) is 11.6 Å². The number of hydrogen-bond acceptors (Lipinski definition) is 1. The molecule has 1 heteroatoms. The summed E-state index contributed by atoms with van der Waals surface area (Å²) in [6.45, 7) is 2.19. The molecule has 0 aromatic heterocycles. The Hall–Kier alpha value is -2.28. The molecule has 0 fully saturated rings. The fourth-order valence-corrected chi connectivity index (χ4v) is 3.38. The minimum absolute atomic E-state index is 0.360. The third kappa shape index (κ3) is 1.63. The monoisotopic (exact) mass is 259 g/mol. The highest BCUT2D eigenvalue weighted by atomic mass is 15.0. The standard InChI is InChI=1S/C19H17N/c1-13-7-2-3-8-14(13)16-10-6-11-17-15-9-4-5-12-18(15)20-19(16)17/h2-12,17,19-20H,1H3. The Kier molecular flexibility index (Phi) is 2.53. The second-order valence-electron chi connectivity index (χ2n) is 5.56. The van der Waals surface area contributed by atoms with Crippen molar-refractivity contribution in [3.63, 3.8) is 0 Å². The zero-order valence-electron chi connectivity index (χ0n) is 11.5. The molecule has 1 heterocycles. The summed E-state index contributed by atoms with van der Waals surface area (Å²) in [7, 11) is 0. The van der Waals surface area contributed by atoms with Gasteiger partial charge >= 0.3 is 0 Å². The van der Waals surface area contributed by atoms with Crippen molar-refractivity contribution < 1.29 is 0 Å². The van der Waals surface area contributed by atoms with E-state index in [1.54, 1.807) is 0 Å². The summed E-state index contributed by atoms with van der Waals surface area (Å²) in [6.07, 6.45) is 6.76. The Balaban J connectivity index is 1.81. The smallest absolute Gasteiger partial charge is 0.0623 e. The van der Waals surface area contributed by atoms with E-state index < -0.39 is 0 Å². The molecule has 0 spiro atoms. The van der Waals surface area contributed by atoms with Crippen molar-refractivity contribution in [1.29, 1.82) is 0 Å². The quantitative estimate of drug-likeness (QED) is 0.793. The van der Waals surface area contributed by atoms with Crippen LogP contribution in [0.15, 0.2) is 66.8 Å². The van der Waals surface area contributed by atoms with Crippen LogP contribution in [0.1, 0.15) is 22.6 Å². The van der Waals surface area contributed by atoms with Gasteiger partial charge in [-0.15, -0.1) is 0 Å². The van der Waals surface area contributed by atoms with Gasteiger partial charge in [-0.05, 0) is 35.3 Å². The molecule has 1 nitrogen and oxygen atoms in total. The second-order valence-corrected chi connectivity index (χ2v) is 5.56. The lowest BCUT2D eigenvalue weighted by molar-refractivity contribution is 0.821. The molecular weight excluding hydrogens is 242 g/mol. The van der Waals surface area contributed by atoms with Crippen LogP contribution in [-0.4, -0.2) is 6.04 Å². The lowest BCUT2D eigenvalue weighted by atomic mass is 9.82. The van der Waals surface area contributed by atoms with Crippen LogP contribution in [0.4, 0.5) is 5.69 Å². The van der Waals surface area contributed by atoms with Crippen LogP contribution in [0.5, 0.6) is 0 Å². The Morgan fingerprint density at radius 3 is 2.65 bits per heavy atom. The number of para-hydroxylation sites is 1. The fourth-order valence-electron chi connectivity index (χ4n) is 3.38. The van der Waals surface area contributed by atoms with Crippen LogP contribution in [0, 0.1) is 6.92 Å². The number of aryl methyl sites for hydroxylation is 1. The van der Waals surface area contributed by atoms with Crippen LogP contribution in [0.2, 0.25) is 0 Å². The Morgan fingerprint density at radius 2 is 1.75 bits per heavy atom. The minimum Gasteiger partial charge on any atom is -0.377 e. The maximum absolute atomic E-state index is 3.69. The highest BCUT2D eigenvalue weighted by molar-refractivity contribution is 5.82. The average Bonchev–Trinajstić information content (AvgIpc) is 2.86. The van der Waals surface area contributed by atoms with Crippen molar-refractivity contribution in [3.05, 3.63) is 83.4 Å². The van der Waals surface area contributed by atoms with Crippen LogP contribution in [0.3, 0.4) is 0 Å². The van der Waals surface area contributed by atoms with Crippen LogP contribution >= 0.6 is 0 Å². The van der Waals surface area contributed by atoms with E-state index in [2.05, 4.69) is 79.0 Å². The summed E-state index contributed by atoms with van der Waals surface area (Å²) in [5.74, 6) is 0.450. The van der Waals surface area contributed by atoms with Gasteiger partial charge in [0.25, 0.3) is 0 Å². The SMILES string of the molecule is Cc1ccccc1C1=CC=CC2c3ccccc3NC12. The van der Waals surface area contributed by atoms with E-state index in [9.17, 15) is 0 Å². The number of allylic oxidation sites excluding steroid dienone is 2. The molecule has 0 radical (unpaired) electrons. The molecular formula is C19H17N. The van der Waals surface area contributed by atoms with Gasteiger partial charge in [-0.25, -0.2) is 0 Å². The van der Waals surface area contributed by atoms with Crippen molar-refractivity contribution in [2.24, 2.45) is 0 Å². The lowest BCUT2D eigenvalue weighted by Gasteiger charge is -2.25. The van der Waals surface area contributed by atoms with Crippen LogP contribution in [0.25, 0.3) is 5.57 Å². The maximum atomic E-state index is 3.69. The molecule has 1 aliphatic carbocycles. The molecule has 2 aromatic carbocycles. The van der Waals surface area contributed by atoms with E-state index in [1.165, 1.54) is 28.0 Å². The molecule has 0 saturated heterocycles. The second kappa shape index (κ2) is 4.38. The van der Waals surface area contributed by atoms with Crippen LogP contribution < -0.4 is 5.32 Å². The molecule has 2 aliphatic rings. The highest BCUT2D eigenvalue weighted by Gasteiger charge is 2.34. The van der Waals surface area contributed by atoms with Crippen molar-refractivity contribution in [1.82, 2.24) is 0 Å². The van der Waals surface area contributed by atoms with Gasteiger partial charge in [0.05, 0.1) is 6.04 Å². The van der Waals surface area contributed by atoms with Gasteiger partial charge in [-0.2, -0.15) is 0 Å². The van der Waals surface area contributed by atoms with E-state index in [-0.39, 0.29) is 0 Å². The highest BCUT2D eigenvalue weighted by Crippen LogP contribution is 2.44. The summed E-state index contributed by atoms with van der Waals surface area (Å²) in [6, 6.07) is 17.6. The number of rotatable bonds is 1. The van der Waals surface area contributed by atoms with Crippen molar-refractivity contribution in [2.75, 3.05) is 5.32 Å². The zero-order chi connectivity index (χ0) is 13.5. The first-order valence-electron chi connectivity index (χ1n) is 7.14. The molecule has 2 unspecified atom stereocenters. The van der Waals surface area contributed by atoms with E-state index in [1.807, 2.05) is 0 Å². The molecule has 0 saturated carbocycles. The molecule has 0 bridgehead atoms. The fraction of sp³-hybridized carbons (Fsp3) is 0.158. The van der Waals surface area contributed by atoms with Gasteiger partial charge in [-0.1, -0.05) is 60.7 Å². The maximum Gasteiger partial charge on any atom is 0.0623 e. The van der Waals surface area contributed by atoms with E-state index in [4.69, 9.17) is 0 Å². The molecule has 20 heavy (non-hydrogen) atoms. The number of fused-ring (bicyclic) bond motifs is 3. The van der Waals surface area contributed by atoms with Gasteiger partial charge in [0.2, 0.25) is 0 Å². The number of hydrogen-bond donors (Lipinski definition) is 1. The summed E-state index contributed by atoms with van der Waals surface area (Å²) < 4.78 is 0. The third-order valence-electron chi connectivity index (χ3n) is 4.38. The summed E-state index contributed by atoms with van der Waals surface area (Å²) in [5.41, 5.74) is 6.77. The predicted octanol–water partition coefficient (Wildman–Crippen LogP) is 4.53. The number of nitrogens with one attached hydrogen (secondary N) is 1. The van der Waals surface area contributed by atoms with Gasteiger partial charge < -0.3 is 5.32 Å². The first-order valence-corrected chi connectivity index (χ1v) is 7.14. The molecule has 2 aromatic rings. The Labute approximate surface area is 119 Å². The topological polar surface area (TPSA) is 12.0 Å². The number of anilines is 1. The van der Waals surface area contributed by atoms with Crippen molar-refractivity contribution in [2.45, 2.75) is 18.9 Å². The van der Waals surface area contributed by atoms with Crippen molar-refractivity contribution in [3.8, 4) is 0 Å². The Bertz CT molecular complexity index is 724. The largest absolute Gasteiger partial charge is 0.377 e. The van der Waals surface area contributed by atoms with Crippen LogP contribution in [-0.2, 0) is 0 Å². The first kappa shape index (κ1) is 11.5. The van der Waals surface area contributed by atoms with E-state index >= 15 is 0 Å². The number of benzene rings is 2. The van der Waals surface area contributed by atoms with Gasteiger partial charge in [-0.3, -0.25) is 0 Å². The first-order chi connectivity index (χ1) is 9.84. The lowest BCUT2D eigenvalue weighted by Crippen LogP contribution is -2.23. The van der Waals surface area contributed by atoms with E-state index in [0.717, 1.165) is 0 Å². The van der Waals surface area contributed by atoms with Gasteiger partial charge in [0.15, 0.2) is 0 Å². The Morgan fingerprint density at radius 1 is 0.950 bits per heavy atom. The molecule has 1 N–H and O–H groups in total. The molecule has 4 rings (SSSR count). The zero-order valence-corrected chi connectivity index (χ0v) is 11.5.